The smallest absolute Gasteiger partial charge is 0.247 e. The quantitative estimate of drug-likeness (QED) is 0.681. The van der Waals surface area contributed by atoms with E-state index < -0.39 is 5.92 Å². The number of hydrogen-bond donors (Lipinski definition) is 1. The fraction of sp³-hybridized carbons (Fsp3) is 1.00. The van der Waals surface area contributed by atoms with Gasteiger partial charge in [0.05, 0.1) is 0 Å². The third-order valence-corrected chi connectivity index (χ3v) is 1.13. The zero-order chi connectivity index (χ0) is 9.33. The predicted octanol–water partition coefficient (Wildman–Crippen LogP) is 2.67. The minimum absolute atomic E-state index is 0.0269. The van der Waals surface area contributed by atoms with Crippen LogP contribution in [0.2, 0.25) is 0 Å². The summed E-state index contributed by atoms with van der Waals surface area (Å²) in [6, 6.07) is 0. The topological polar surface area (TPSA) is 12.0 Å². The van der Waals surface area contributed by atoms with Gasteiger partial charge in [0, 0.05) is 12.8 Å². The van der Waals surface area contributed by atoms with E-state index in [1.807, 2.05) is 14.1 Å². The maximum absolute atomic E-state index is 12.2. The van der Waals surface area contributed by atoms with Crippen molar-refractivity contribution >= 4 is 0 Å². The molecule has 0 spiro atoms. The first-order valence-corrected chi connectivity index (χ1v) is 4.00. The fourth-order valence-corrected chi connectivity index (χ4v) is 0.543. The molecule has 1 N–H and O–H groups in total. The molecule has 0 radical (unpaired) electrons. The first-order valence-electron chi connectivity index (χ1n) is 4.00. The average Bonchev–Trinajstić information content (AvgIpc) is 1.90. The zero-order valence-corrected chi connectivity index (χ0v) is 7.88. The minimum atomic E-state index is -2.41. The second-order valence-corrected chi connectivity index (χ2v) is 2.46. The Morgan fingerprint density at radius 2 is 1.55 bits per heavy atom. The minimum Gasteiger partial charge on any atom is -0.323 e. The van der Waals surface area contributed by atoms with Gasteiger partial charge >= 0.3 is 0 Å². The molecule has 1 nitrogen and oxygen atoms in total. The summed E-state index contributed by atoms with van der Waals surface area (Å²) in [5.41, 5.74) is 0. The summed E-state index contributed by atoms with van der Waals surface area (Å²) in [7, 11) is 3.75. The van der Waals surface area contributed by atoms with E-state index in [9.17, 15) is 8.78 Å². The monoisotopic (exact) mass is 167 g/mol. The molecule has 0 bridgehead atoms. The van der Waals surface area contributed by atoms with Crippen LogP contribution in [0, 0.1) is 0 Å². The van der Waals surface area contributed by atoms with Gasteiger partial charge in [-0.3, -0.25) is 0 Å². The number of alkyl halides is 2. The molecule has 0 saturated carbocycles. The maximum Gasteiger partial charge on any atom is 0.247 e. The van der Waals surface area contributed by atoms with Crippen LogP contribution in [-0.2, 0) is 0 Å². The van der Waals surface area contributed by atoms with Crippen molar-refractivity contribution in [2.45, 2.75) is 39.0 Å². The van der Waals surface area contributed by atoms with Crippen LogP contribution in [0.5, 0.6) is 0 Å². The lowest BCUT2D eigenvalue weighted by molar-refractivity contribution is -0.0119. The summed E-state index contributed by atoms with van der Waals surface area (Å²) < 4.78 is 24.3. The number of nitrogens with one attached hydrogen (secondary N) is 1. The highest BCUT2D eigenvalue weighted by Crippen LogP contribution is 2.23. The van der Waals surface area contributed by atoms with Crippen molar-refractivity contribution in [3.05, 3.63) is 0 Å². The summed E-state index contributed by atoms with van der Waals surface area (Å²) in [4.78, 5) is 0. The SMILES string of the molecule is CCCC(F)(F)CC.CNC. The van der Waals surface area contributed by atoms with Gasteiger partial charge in [-0.25, -0.2) is 8.78 Å². The van der Waals surface area contributed by atoms with Crippen LogP contribution < -0.4 is 5.32 Å². The molecule has 3 heteroatoms. The Balaban J connectivity index is 0. The van der Waals surface area contributed by atoms with Crippen LogP contribution in [0.25, 0.3) is 0 Å². The van der Waals surface area contributed by atoms with Crippen LogP contribution >= 0.6 is 0 Å². The molecule has 0 amide bonds. The molecule has 0 atom stereocenters. The normalized spacial score (nSPS) is 10.4. The van der Waals surface area contributed by atoms with Gasteiger partial charge in [-0.2, -0.15) is 0 Å². The Morgan fingerprint density at radius 1 is 1.18 bits per heavy atom. The highest BCUT2D eigenvalue weighted by molar-refractivity contribution is 4.60. The molecule has 0 aliphatic heterocycles. The molecule has 0 fully saturated rings. The van der Waals surface area contributed by atoms with E-state index >= 15 is 0 Å². The number of halogens is 2. The summed E-state index contributed by atoms with van der Waals surface area (Å²) in [5.74, 6) is -2.41. The lowest BCUT2D eigenvalue weighted by atomic mass is 10.1. The van der Waals surface area contributed by atoms with Crippen LogP contribution in [0.15, 0.2) is 0 Å². The molecule has 0 aromatic heterocycles. The average molecular weight is 167 g/mol. The molecular weight excluding hydrogens is 148 g/mol. The molecule has 0 aromatic carbocycles. The van der Waals surface area contributed by atoms with E-state index in [0.29, 0.717) is 6.42 Å². The maximum atomic E-state index is 12.2. The van der Waals surface area contributed by atoms with Crippen LogP contribution in [0.4, 0.5) is 8.78 Å². The van der Waals surface area contributed by atoms with E-state index in [-0.39, 0.29) is 12.8 Å². The van der Waals surface area contributed by atoms with Gasteiger partial charge in [0.2, 0.25) is 5.92 Å². The molecule has 70 valence electrons. The molecule has 0 aromatic rings. The van der Waals surface area contributed by atoms with Crippen molar-refractivity contribution in [1.82, 2.24) is 5.32 Å². The van der Waals surface area contributed by atoms with Crippen LogP contribution in [0.1, 0.15) is 33.1 Å². The molecule has 0 unspecified atom stereocenters. The van der Waals surface area contributed by atoms with Gasteiger partial charge in [-0.05, 0) is 14.1 Å². The lowest BCUT2D eigenvalue weighted by Crippen LogP contribution is -2.12. The van der Waals surface area contributed by atoms with Gasteiger partial charge in [0.25, 0.3) is 0 Å². The Bertz CT molecular complexity index is 74.5. The van der Waals surface area contributed by atoms with Crippen LogP contribution in [-0.4, -0.2) is 20.0 Å². The fourth-order valence-electron chi connectivity index (χ4n) is 0.543. The highest BCUT2D eigenvalue weighted by Gasteiger charge is 2.23. The first-order chi connectivity index (χ1) is 5.04. The van der Waals surface area contributed by atoms with E-state index in [1.165, 1.54) is 6.92 Å². The van der Waals surface area contributed by atoms with Gasteiger partial charge in [0.1, 0.15) is 0 Å². The van der Waals surface area contributed by atoms with Crippen molar-refractivity contribution in [3.63, 3.8) is 0 Å². The van der Waals surface area contributed by atoms with Crippen molar-refractivity contribution < 1.29 is 8.78 Å². The Morgan fingerprint density at radius 3 is 1.64 bits per heavy atom. The second kappa shape index (κ2) is 7.92. The molecule has 0 aliphatic rings. The molecule has 11 heavy (non-hydrogen) atoms. The first kappa shape index (κ1) is 13.4. The van der Waals surface area contributed by atoms with Gasteiger partial charge in [-0.1, -0.05) is 20.3 Å². The van der Waals surface area contributed by atoms with E-state index in [2.05, 4.69) is 5.32 Å². The van der Waals surface area contributed by atoms with Crippen molar-refractivity contribution in [3.8, 4) is 0 Å². The van der Waals surface area contributed by atoms with E-state index in [4.69, 9.17) is 0 Å². The largest absolute Gasteiger partial charge is 0.323 e. The molecule has 0 saturated heterocycles. The number of hydrogen-bond acceptors (Lipinski definition) is 1. The van der Waals surface area contributed by atoms with Crippen molar-refractivity contribution in [1.29, 1.82) is 0 Å². The van der Waals surface area contributed by atoms with E-state index in [0.717, 1.165) is 0 Å². The third-order valence-electron chi connectivity index (χ3n) is 1.13. The summed E-state index contributed by atoms with van der Waals surface area (Å²) in [6.45, 7) is 3.28. The Labute approximate surface area is 68.2 Å². The number of rotatable bonds is 3. The third kappa shape index (κ3) is 12.9. The summed E-state index contributed by atoms with van der Waals surface area (Å²) >= 11 is 0. The van der Waals surface area contributed by atoms with Crippen molar-refractivity contribution in [2.75, 3.05) is 14.1 Å². The van der Waals surface area contributed by atoms with Gasteiger partial charge in [-0.15, -0.1) is 0 Å². The summed E-state index contributed by atoms with van der Waals surface area (Å²) in [6.07, 6.45) is 0.575. The Hall–Kier alpha value is -0.180. The summed E-state index contributed by atoms with van der Waals surface area (Å²) in [5, 5.41) is 2.75. The van der Waals surface area contributed by atoms with Crippen LogP contribution in [0.3, 0.4) is 0 Å². The lowest BCUT2D eigenvalue weighted by Gasteiger charge is -2.10. The van der Waals surface area contributed by atoms with Gasteiger partial charge in [0.15, 0.2) is 0 Å². The highest BCUT2D eigenvalue weighted by atomic mass is 19.3. The molecule has 0 rings (SSSR count). The Kier molecular flexibility index (Phi) is 9.66. The predicted molar refractivity (Wildman–Crippen MR) is 45.1 cm³/mol. The van der Waals surface area contributed by atoms with E-state index in [1.54, 1.807) is 6.92 Å². The molecular formula is C8H19F2N. The molecule has 0 heterocycles. The van der Waals surface area contributed by atoms with Gasteiger partial charge < -0.3 is 5.32 Å². The van der Waals surface area contributed by atoms with Crippen molar-refractivity contribution in [2.24, 2.45) is 0 Å². The zero-order valence-electron chi connectivity index (χ0n) is 7.88. The molecule has 0 aliphatic carbocycles. The standard InChI is InChI=1S/C6H12F2.C2H7N/c1-3-5-6(7,8)4-2;1-3-2/h3-5H2,1-2H3;3H,1-2H3. The second-order valence-electron chi connectivity index (χ2n) is 2.46.